The van der Waals surface area contributed by atoms with Crippen molar-refractivity contribution in [1.29, 1.82) is 0 Å². The lowest BCUT2D eigenvalue weighted by Crippen LogP contribution is -2.41. The van der Waals surface area contributed by atoms with Crippen LogP contribution in [0.5, 0.6) is 0 Å². The van der Waals surface area contributed by atoms with E-state index in [1.54, 1.807) is 0 Å². The summed E-state index contributed by atoms with van der Waals surface area (Å²) in [6.07, 6.45) is 4.88. The van der Waals surface area contributed by atoms with Gasteiger partial charge in [-0.25, -0.2) is 0 Å². The molecule has 0 fully saturated rings. The predicted molar refractivity (Wildman–Crippen MR) is 86.1 cm³/mol. The van der Waals surface area contributed by atoms with Crippen LogP contribution in [0.4, 0.5) is 0 Å². The van der Waals surface area contributed by atoms with Crippen LogP contribution >= 0.6 is 0 Å². The molecule has 1 aromatic carbocycles. The molecule has 2 unspecified atom stereocenters. The van der Waals surface area contributed by atoms with Crippen LogP contribution in [0.3, 0.4) is 0 Å². The van der Waals surface area contributed by atoms with Crippen molar-refractivity contribution < 1.29 is 0 Å². The third kappa shape index (κ3) is 2.85. The normalized spacial score (nSPS) is 20.7. The van der Waals surface area contributed by atoms with Gasteiger partial charge in [0.05, 0.1) is 0 Å². The number of pyridine rings is 1. The van der Waals surface area contributed by atoms with Gasteiger partial charge in [0, 0.05) is 31.0 Å². The minimum atomic E-state index is 0.419. The summed E-state index contributed by atoms with van der Waals surface area (Å²) in [6.45, 7) is 4.28. The van der Waals surface area contributed by atoms with E-state index in [9.17, 15) is 0 Å². The summed E-state index contributed by atoms with van der Waals surface area (Å²) in [6, 6.07) is 14.0. The maximum absolute atomic E-state index is 4.11. The third-order valence-electron chi connectivity index (χ3n) is 4.53. The Morgan fingerprint density at radius 3 is 2.67 bits per heavy atom. The van der Waals surface area contributed by atoms with Gasteiger partial charge in [0.25, 0.3) is 0 Å². The van der Waals surface area contributed by atoms with E-state index in [1.165, 1.54) is 16.7 Å². The van der Waals surface area contributed by atoms with Gasteiger partial charge in [-0.05, 0) is 48.8 Å². The first-order chi connectivity index (χ1) is 10.3. The number of aromatic nitrogens is 1. The van der Waals surface area contributed by atoms with Gasteiger partial charge >= 0.3 is 0 Å². The smallest absolute Gasteiger partial charge is 0.0481 e. The van der Waals surface area contributed by atoms with Gasteiger partial charge < -0.3 is 5.32 Å². The largest absolute Gasteiger partial charge is 0.312 e. The molecule has 3 nitrogen and oxygen atoms in total. The van der Waals surface area contributed by atoms with E-state index in [2.05, 4.69) is 65.6 Å². The highest BCUT2D eigenvalue weighted by atomic mass is 15.2. The van der Waals surface area contributed by atoms with Crippen LogP contribution in [-0.4, -0.2) is 29.5 Å². The highest BCUT2D eigenvalue weighted by molar-refractivity contribution is 5.37. The van der Waals surface area contributed by atoms with Crippen molar-refractivity contribution in [1.82, 2.24) is 15.2 Å². The zero-order chi connectivity index (χ0) is 14.7. The zero-order valence-corrected chi connectivity index (χ0v) is 12.8. The van der Waals surface area contributed by atoms with E-state index in [4.69, 9.17) is 0 Å². The fraction of sp³-hybridized carbons (Fsp3) is 0.389. The minimum absolute atomic E-state index is 0.419. The molecule has 0 spiro atoms. The van der Waals surface area contributed by atoms with Gasteiger partial charge in [0.15, 0.2) is 0 Å². The molecule has 0 saturated carbocycles. The Bertz CT molecular complexity index is 582. The van der Waals surface area contributed by atoms with Crippen LogP contribution in [0.25, 0.3) is 0 Å². The second kappa shape index (κ2) is 6.37. The number of fused-ring (bicyclic) bond motifs is 1. The number of hydrogen-bond donors (Lipinski definition) is 1. The average molecular weight is 281 g/mol. The standard InChI is InChI=1S/C18H23N3/c1-3-21(13-14-8-10-20-11-9-14)17-12-15-6-4-5-7-16(15)18(17)19-2/h4-11,17-19H,3,12-13H2,1-2H3. The second-order valence-corrected chi connectivity index (χ2v) is 5.66. The third-order valence-corrected chi connectivity index (χ3v) is 4.53. The van der Waals surface area contributed by atoms with Gasteiger partial charge in [-0.2, -0.15) is 0 Å². The summed E-state index contributed by atoms with van der Waals surface area (Å²) >= 11 is 0. The van der Waals surface area contributed by atoms with E-state index in [0.29, 0.717) is 12.1 Å². The van der Waals surface area contributed by atoms with Crippen LogP contribution < -0.4 is 5.32 Å². The highest BCUT2D eigenvalue weighted by Crippen LogP contribution is 2.34. The fourth-order valence-corrected chi connectivity index (χ4v) is 3.45. The molecular weight excluding hydrogens is 258 g/mol. The van der Waals surface area contributed by atoms with Crippen LogP contribution in [0, 0.1) is 0 Å². The summed E-state index contributed by atoms with van der Waals surface area (Å²) in [5.41, 5.74) is 4.27. The van der Waals surface area contributed by atoms with Gasteiger partial charge in [0.2, 0.25) is 0 Å². The average Bonchev–Trinajstić information content (AvgIpc) is 2.92. The van der Waals surface area contributed by atoms with E-state index in [1.807, 2.05) is 12.4 Å². The molecule has 1 heterocycles. The lowest BCUT2D eigenvalue weighted by Gasteiger charge is -2.32. The Hall–Kier alpha value is -1.71. The molecule has 21 heavy (non-hydrogen) atoms. The molecule has 1 aromatic heterocycles. The summed E-state index contributed by atoms with van der Waals surface area (Å²) < 4.78 is 0. The SMILES string of the molecule is CCN(Cc1ccncc1)C1Cc2ccccc2C1NC. The molecule has 0 radical (unpaired) electrons. The molecule has 3 heteroatoms. The van der Waals surface area contributed by atoms with Crippen molar-refractivity contribution in [2.24, 2.45) is 0 Å². The molecule has 0 saturated heterocycles. The van der Waals surface area contributed by atoms with Crippen LogP contribution in [0.2, 0.25) is 0 Å². The molecule has 2 atom stereocenters. The van der Waals surface area contributed by atoms with E-state index in [0.717, 1.165) is 19.5 Å². The topological polar surface area (TPSA) is 28.2 Å². The molecule has 0 bridgehead atoms. The predicted octanol–water partition coefficient (Wildman–Crippen LogP) is 2.79. The molecule has 1 N–H and O–H groups in total. The number of nitrogens with one attached hydrogen (secondary N) is 1. The lowest BCUT2D eigenvalue weighted by atomic mass is 10.1. The number of likely N-dealkylation sites (N-methyl/N-ethyl adjacent to an activating group) is 2. The van der Waals surface area contributed by atoms with Crippen molar-refractivity contribution in [3.05, 3.63) is 65.5 Å². The van der Waals surface area contributed by atoms with E-state index >= 15 is 0 Å². The Labute approximate surface area is 127 Å². The Balaban J connectivity index is 1.82. The first-order valence-electron chi connectivity index (χ1n) is 7.71. The molecular formula is C18H23N3. The summed E-state index contributed by atoms with van der Waals surface area (Å²) in [5.74, 6) is 0. The van der Waals surface area contributed by atoms with Crippen LogP contribution in [0.1, 0.15) is 29.7 Å². The molecule has 1 aliphatic rings. The quantitative estimate of drug-likeness (QED) is 0.913. The Kier molecular flexibility index (Phi) is 4.32. The van der Waals surface area contributed by atoms with Gasteiger partial charge in [-0.1, -0.05) is 31.2 Å². The second-order valence-electron chi connectivity index (χ2n) is 5.66. The Morgan fingerprint density at radius 1 is 1.19 bits per heavy atom. The van der Waals surface area contributed by atoms with E-state index in [-0.39, 0.29) is 0 Å². The first kappa shape index (κ1) is 14.2. The Morgan fingerprint density at radius 2 is 1.95 bits per heavy atom. The van der Waals surface area contributed by atoms with Crippen molar-refractivity contribution in [3.63, 3.8) is 0 Å². The molecule has 1 aliphatic carbocycles. The van der Waals surface area contributed by atoms with Crippen LogP contribution in [-0.2, 0) is 13.0 Å². The molecule has 110 valence electrons. The zero-order valence-electron chi connectivity index (χ0n) is 12.8. The summed E-state index contributed by atoms with van der Waals surface area (Å²) in [5, 5.41) is 3.52. The lowest BCUT2D eigenvalue weighted by molar-refractivity contribution is 0.169. The van der Waals surface area contributed by atoms with Gasteiger partial charge in [-0.3, -0.25) is 9.88 Å². The van der Waals surface area contributed by atoms with Crippen LogP contribution in [0.15, 0.2) is 48.8 Å². The fourth-order valence-electron chi connectivity index (χ4n) is 3.45. The monoisotopic (exact) mass is 281 g/mol. The van der Waals surface area contributed by atoms with Crippen molar-refractivity contribution >= 4 is 0 Å². The number of hydrogen-bond acceptors (Lipinski definition) is 3. The number of rotatable bonds is 5. The van der Waals surface area contributed by atoms with E-state index < -0.39 is 0 Å². The maximum atomic E-state index is 4.11. The van der Waals surface area contributed by atoms with Gasteiger partial charge in [0.1, 0.15) is 0 Å². The highest BCUT2D eigenvalue weighted by Gasteiger charge is 2.34. The van der Waals surface area contributed by atoms with Crippen molar-refractivity contribution in [2.75, 3.05) is 13.6 Å². The first-order valence-corrected chi connectivity index (χ1v) is 7.71. The number of benzene rings is 1. The molecule has 3 rings (SSSR count). The van der Waals surface area contributed by atoms with Crippen molar-refractivity contribution in [3.8, 4) is 0 Å². The minimum Gasteiger partial charge on any atom is -0.312 e. The number of nitrogens with zero attached hydrogens (tertiary/aromatic N) is 2. The summed E-state index contributed by atoms with van der Waals surface area (Å²) in [4.78, 5) is 6.67. The van der Waals surface area contributed by atoms with Crippen molar-refractivity contribution in [2.45, 2.75) is 32.0 Å². The summed E-state index contributed by atoms with van der Waals surface area (Å²) in [7, 11) is 2.07. The maximum Gasteiger partial charge on any atom is 0.0481 e. The molecule has 2 aromatic rings. The van der Waals surface area contributed by atoms with Gasteiger partial charge in [-0.15, -0.1) is 0 Å². The molecule has 0 aliphatic heterocycles. The molecule has 0 amide bonds.